The average molecular weight is 248 g/mol. The molecule has 0 bridgehead atoms. The summed E-state index contributed by atoms with van der Waals surface area (Å²) in [7, 11) is -3.11. The lowest BCUT2D eigenvalue weighted by Crippen LogP contribution is -2.50. The third kappa shape index (κ3) is 3.18. The first-order valence-corrected chi connectivity index (χ1v) is 7.71. The van der Waals surface area contributed by atoms with Crippen molar-refractivity contribution in [3.05, 3.63) is 0 Å². The minimum atomic E-state index is -3.11. The fourth-order valence-corrected chi connectivity index (χ4v) is 3.66. The molecule has 1 fully saturated rings. The van der Waals surface area contributed by atoms with Gasteiger partial charge in [0.15, 0.2) is 0 Å². The van der Waals surface area contributed by atoms with Gasteiger partial charge in [0.05, 0.1) is 5.25 Å². The Morgan fingerprint density at radius 1 is 1.44 bits per heavy atom. The van der Waals surface area contributed by atoms with Crippen LogP contribution in [0.4, 0.5) is 0 Å². The smallest absolute Gasteiger partial charge is 0.216 e. The van der Waals surface area contributed by atoms with Gasteiger partial charge in [0.2, 0.25) is 10.0 Å². The van der Waals surface area contributed by atoms with E-state index in [4.69, 9.17) is 0 Å². The highest BCUT2D eigenvalue weighted by Gasteiger charge is 2.32. The summed E-state index contributed by atoms with van der Waals surface area (Å²) in [6.07, 6.45) is 2.93. The quantitative estimate of drug-likeness (QED) is 0.795. The van der Waals surface area contributed by atoms with Crippen LogP contribution in [0, 0.1) is 0 Å². The highest BCUT2D eigenvalue weighted by Crippen LogP contribution is 2.18. The normalized spacial score (nSPS) is 22.9. The first-order valence-electron chi connectivity index (χ1n) is 6.21. The van der Waals surface area contributed by atoms with Crippen LogP contribution in [0.25, 0.3) is 0 Å². The van der Waals surface area contributed by atoms with E-state index in [9.17, 15) is 8.42 Å². The lowest BCUT2D eigenvalue weighted by molar-refractivity contribution is 0.264. The maximum atomic E-state index is 12.2. The Labute approximate surface area is 99.5 Å². The van der Waals surface area contributed by atoms with E-state index in [0.717, 1.165) is 32.4 Å². The molecule has 0 aromatic carbocycles. The molecule has 0 aliphatic carbocycles. The zero-order chi connectivity index (χ0) is 12.2. The van der Waals surface area contributed by atoms with Gasteiger partial charge in [-0.15, -0.1) is 0 Å². The summed E-state index contributed by atoms with van der Waals surface area (Å²) in [5, 5.41) is 2.96. The van der Waals surface area contributed by atoms with E-state index in [-0.39, 0.29) is 11.3 Å². The number of nitrogens with one attached hydrogen (secondary N) is 1. The molecule has 1 unspecified atom stereocenters. The molecule has 0 radical (unpaired) electrons. The topological polar surface area (TPSA) is 49.4 Å². The van der Waals surface area contributed by atoms with Gasteiger partial charge in [-0.05, 0) is 39.7 Å². The third-order valence-electron chi connectivity index (χ3n) is 3.04. The summed E-state index contributed by atoms with van der Waals surface area (Å²) in [4.78, 5) is 0. The van der Waals surface area contributed by atoms with E-state index in [2.05, 4.69) is 5.32 Å². The predicted octanol–water partition coefficient (Wildman–Crippen LogP) is 1.19. The van der Waals surface area contributed by atoms with Gasteiger partial charge in [0, 0.05) is 19.1 Å². The molecule has 0 spiro atoms. The van der Waals surface area contributed by atoms with Crippen molar-refractivity contribution < 1.29 is 8.42 Å². The fourth-order valence-electron chi connectivity index (χ4n) is 2.09. The van der Waals surface area contributed by atoms with Gasteiger partial charge < -0.3 is 5.32 Å². The first-order chi connectivity index (χ1) is 7.50. The van der Waals surface area contributed by atoms with Crippen molar-refractivity contribution in [3.8, 4) is 0 Å². The van der Waals surface area contributed by atoms with Gasteiger partial charge in [-0.25, -0.2) is 8.42 Å². The summed E-state index contributed by atoms with van der Waals surface area (Å²) < 4.78 is 26.1. The van der Waals surface area contributed by atoms with Crippen LogP contribution in [0.15, 0.2) is 0 Å². The molecule has 1 atom stereocenters. The SMILES string of the molecule is CCCN(C1CCCNC1)S(=O)(=O)C(C)C. The van der Waals surface area contributed by atoms with Crippen molar-refractivity contribution >= 4 is 10.0 Å². The van der Waals surface area contributed by atoms with Crippen LogP contribution in [0.5, 0.6) is 0 Å². The summed E-state index contributed by atoms with van der Waals surface area (Å²) in [6.45, 7) is 8.00. The maximum absolute atomic E-state index is 12.2. The van der Waals surface area contributed by atoms with E-state index < -0.39 is 10.0 Å². The third-order valence-corrected chi connectivity index (χ3v) is 5.37. The van der Waals surface area contributed by atoms with Crippen LogP contribution in [-0.4, -0.2) is 43.6 Å². The van der Waals surface area contributed by atoms with E-state index in [1.165, 1.54) is 0 Å². The number of hydrogen-bond acceptors (Lipinski definition) is 3. The fraction of sp³-hybridized carbons (Fsp3) is 1.00. The Kier molecular flexibility index (Phi) is 5.21. The second kappa shape index (κ2) is 5.98. The Bertz CT molecular complexity index is 295. The van der Waals surface area contributed by atoms with Gasteiger partial charge in [-0.2, -0.15) is 4.31 Å². The van der Waals surface area contributed by atoms with Crippen LogP contribution >= 0.6 is 0 Å². The minimum absolute atomic E-state index is 0.154. The van der Waals surface area contributed by atoms with E-state index in [1.54, 1.807) is 18.2 Å². The molecule has 96 valence electrons. The van der Waals surface area contributed by atoms with Gasteiger partial charge in [-0.3, -0.25) is 0 Å². The van der Waals surface area contributed by atoms with Crippen LogP contribution in [0.2, 0.25) is 0 Å². The number of rotatable bonds is 5. The maximum Gasteiger partial charge on any atom is 0.216 e. The zero-order valence-electron chi connectivity index (χ0n) is 10.6. The van der Waals surface area contributed by atoms with Crippen LogP contribution in [-0.2, 0) is 10.0 Å². The van der Waals surface area contributed by atoms with Crippen LogP contribution in [0.1, 0.15) is 40.0 Å². The van der Waals surface area contributed by atoms with E-state index in [1.807, 2.05) is 6.92 Å². The van der Waals surface area contributed by atoms with Gasteiger partial charge in [0.25, 0.3) is 0 Å². The molecule has 1 saturated heterocycles. The summed E-state index contributed by atoms with van der Waals surface area (Å²) in [5.74, 6) is 0. The van der Waals surface area contributed by atoms with E-state index >= 15 is 0 Å². The molecule has 1 rings (SSSR count). The molecule has 16 heavy (non-hydrogen) atoms. The summed E-state index contributed by atoms with van der Waals surface area (Å²) in [5.41, 5.74) is 0. The van der Waals surface area contributed by atoms with Gasteiger partial charge in [0.1, 0.15) is 0 Å². The molecular formula is C11H24N2O2S. The molecule has 1 N–H and O–H groups in total. The Morgan fingerprint density at radius 3 is 2.56 bits per heavy atom. The Hall–Kier alpha value is -0.130. The highest BCUT2D eigenvalue weighted by atomic mass is 32.2. The number of hydrogen-bond donors (Lipinski definition) is 1. The van der Waals surface area contributed by atoms with Crippen molar-refractivity contribution in [1.82, 2.24) is 9.62 Å². The van der Waals surface area contributed by atoms with Crippen LogP contribution in [0.3, 0.4) is 0 Å². The largest absolute Gasteiger partial charge is 0.315 e. The Balaban J connectivity index is 2.80. The molecule has 1 heterocycles. The molecular weight excluding hydrogens is 224 g/mol. The van der Waals surface area contributed by atoms with Crippen molar-refractivity contribution in [2.75, 3.05) is 19.6 Å². The summed E-state index contributed by atoms with van der Waals surface area (Å²) >= 11 is 0. The zero-order valence-corrected chi connectivity index (χ0v) is 11.4. The number of piperidine rings is 1. The first kappa shape index (κ1) is 13.9. The minimum Gasteiger partial charge on any atom is -0.315 e. The molecule has 4 nitrogen and oxygen atoms in total. The second-order valence-corrected chi connectivity index (χ2v) is 7.15. The van der Waals surface area contributed by atoms with Crippen molar-refractivity contribution in [2.24, 2.45) is 0 Å². The highest BCUT2D eigenvalue weighted by molar-refractivity contribution is 7.89. The van der Waals surface area contributed by atoms with Crippen molar-refractivity contribution in [1.29, 1.82) is 0 Å². The lowest BCUT2D eigenvalue weighted by atomic mass is 10.1. The molecule has 5 heteroatoms. The van der Waals surface area contributed by atoms with Crippen molar-refractivity contribution in [2.45, 2.75) is 51.3 Å². The second-order valence-electron chi connectivity index (χ2n) is 4.70. The molecule has 0 aromatic heterocycles. The lowest BCUT2D eigenvalue weighted by Gasteiger charge is -2.34. The van der Waals surface area contributed by atoms with Gasteiger partial charge >= 0.3 is 0 Å². The van der Waals surface area contributed by atoms with E-state index in [0.29, 0.717) is 6.54 Å². The predicted molar refractivity (Wildman–Crippen MR) is 66.9 cm³/mol. The molecule has 0 saturated carbocycles. The number of sulfonamides is 1. The number of nitrogens with zero attached hydrogens (tertiary/aromatic N) is 1. The molecule has 1 aliphatic rings. The van der Waals surface area contributed by atoms with Crippen molar-refractivity contribution in [3.63, 3.8) is 0 Å². The molecule has 1 aliphatic heterocycles. The van der Waals surface area contributed by atoms with Gasteiger partial charge in [-0.1, -0.05) is 6.92 Å². The van der Waals surface area contributed by atoms with Crippen LogP contribution < -0.4 is 5.32 Å². The monoisotopic (exact) mass is 248 g/mol. The summed E-state index contributed by atoms with van der Waals surface area (Å²) in [6, 6.07) is 0.154. The standard InChI is InChI=1S/C11H24N2O2S/c1-4-8-13(16(14,15)10(2)3)11-6-5-7-12-9-11/h10-12H,4-9H2,1-3H3. The molecule has 0 aromatic rings. The molecule has 0 amide bonds. The average Bonchev–Trinajstić information content (AvgIpc) is 2.26. The Morgan fingerprint density at radius 2 is 2.12 bits per heavy atom.